The number of halogens is 4. The van der Waals surface area contributed by atoms with E-state index in [4.69, 9.17) is 20.9 Å². The zero-order chi connectivity index (χ0) is 22.6. The van der Waals surface area contributed by atoms with Crippen molar-refractivity contribution >= 4 is 35.0 Å². The first kappa shape index (κ1) is 22.8. The van der Waals surface area contributed by atoms with Crippen molar-refractivity contribution in [2.24, 2.45) is 0 Å². The van der Waals surface area contributed by atoms with Gasteiger partial charge in [-0.15, -0.1) is 0 Å². The number of aromatic amines is 1. The van der Waals surface area contributed by atoms with E-state index in [0.717, 1.165) is 23.9 Å². The van der Waals surface area contributed by atoms with Crippen LogP contribution in [0.4, 0.5) is 18.9 Å². The Morgan fingerprint density at radius 2 is 1.97 bits per heavy atom. The molecule has 1 heterocycles. The third-order valence-corrected chi connectivity index (χ3v) is 5.33. The number of carbonyl (C=O) groups excluding carboxylic acids is 1. The molecule has 31 heavy (non-hydrogen) atoms. The predicted molar refractivity (Wildman–Crippen MR) is 108 cm³/mol. The SMILES string of the molecule is COc1ccc(-[n+]2[nH]oc(=O)c2SCCC(=O)Nc2ccc(Cl)cc2C(F)(F)F)cc1. The summed E-state index contributed by atoms with van der Waals surface area (Å²) >= 11 is 6.66. The highest BCUT2D eigenvalue weighted by Gasteiger charge is 2.34. The number of rotatable bonds is 7. The lowest BCUT2D eigenvalue weighted by atomic mass is 10.1. The number of alkyl halides is 3. The van der Waals surface area contributed by atoms with Crippen LogP contribution in [0.25, 0.3) is 5.69 Å². The normalized spacial score (nSPS) is 11.4. The zero-order valence-electron chi connectivity index (χ0n) is 16.0. The maximum absolute atomic E-state index is 13.1. The van der Waals surface area contributed by atoms with Crippen molar-refractivity contribution in [1.82, 2.24) is 5.27 Å². The summed E-state index contributed by atoms with van der Waals surface area (Å²) in [5.74, 6) is 0.109. The van der Waals surface area contributed by atoms with Crippen molar-refractivity contribution in [3.63, 3.8) is 0 Å². The summed E-state index contributed by atoms with van der Waals surface area (Å²) in [6, 6.07) is 9.87. The summed E-state index contributed by atoms with van der Waals surface area (Å²) < 4.78 is 50.7. The number of anilines is 1. The van der Waals surface area contributed by atoms with Gasteiger partial charge in [-0.3, -0.25) is 9.32 Å². The molecule has 12 heteroatoms. The van der Waals surface area contributed by atoms with Crippen LogP contribution in [0, 0.1) is 0 Å². The third kappa shape index (κ3) is 5.61. The number of amides is 1. The van der Waals surface area contributed by atoms with Crippen LogP contribution < -0.4 is 20.4 Å². The van der Waals surface area contributed by atoms with Gasteiger partial charge in [0.05, 0.1) is 18.4 Å². The number of benzene rings is 2. The molecule has 164 valence electrons. The molecule has 0 spiro atoms. The van der Waals surface area contributed by atoms with Crippen molar-refractivity contribution < 1.29 is 31.9 Å². The fraction of sp³-hybridized carbons (Fsp3) is 0.211. The van der Waals surface area contributed by atoms with Gasteiger partial charge in [0.25, 0.3) is 0 Å². The highest BCUT2D eigenvalue weighted by atomic mass is 35.5. The molecule has 0 radical (unpaired) electrons. The Kier molecular flexibility index (Phi) is 6.96. The fourth-order valence-corrected chi connectivity index (χ4v) is 3.69. The molecule has 0 bridgehead atoms. The van der Waals surface area contributed by atoms with Crippen molar-refractivity contribution in [1.29, 1.82) is 0 Å². The average molecular weight is 475 g/mol. The van der Waals surface area contributed by atoms with Gasteiger partial charge in [-0.1, -0.05) is 11.6 Å². The van der Waals surface area contributed by atoms with E-state index in [2.05, 4.69) is 10.6 Å². The average Bonchev–Trinajstić information content (AvgIpc) is 3.09. The van der Waals surface area contributed by atoms with Crippen LogP contribution in [0.5, 0.6) is 5.75 Å². The van der Waals surface area contributed by atoms with Gasteiger partial charge in [0.1, 0.15) is 5.75 Å². The van der Waals surface area contributed by atoms with Crippen LogP contribution in [0.3, 0.4) is 0 Å². The summed E-state index contributed by atoms with van der Waals surface area (Å²) in [6.07, 6.45) is -4.81. The second kappa shape index (κ2) is 9.48. The molecular weight excluding hydrogens is 459 g/mol. The number of nitrogens with zero attached hydrogens (tertiary/aromatic N) is 1. The summed E-state index contributed by atoms with van der Waals surface area (Å²) in [6.45, 7) is 0. The minimum Gasteiger partial charge on any atom is -0.497 e. The van der Waals surface area contributed by atoms with Gasteiger partial charge >= 0.3 is 16.8 Å². The van der Waals surface area contributed by atoms with E-state index in [-0.39, 0.29) is 27.9 Å². The number of H-pyrrole nitrogens is 1. The molecule has 7 nitrogen and oxygen atoms in total. The zero-order valence-corrected chi connectivity index (χ0v) is 17.5. The van der Waals surface area contributed by atoms with Gasteiger partial charge in [0, 0.05) is 29.3 Å². The highest BCUT2D eigenvalue weighted by molar-refractivity contribution is 7.99. The van der Waals surface area contributed by atoms with E-state index in [1.165, 1.54) is 17.9 Å². The van der Waals surface area contributed by atoms with Crippen molar-refractivity contribution in [2.45, 2.75) is 17.6 Å². The Balaban J connectivity index is 1.66. The van der Waals surface area contributed by atoms with Crippen LogP contribution in [-0.2, 0) is 11.0 Å². The molecule has 3 aromatic rings. The molecule has 0 fully saturated rings. The number of aromatic nitrogens is 2. The highest BCUT2D eigenvalue weighted by Crippen LogP contribution is 2.36. The van der Waals surface area contributed by atoms with Gasteiger partial charge in [-0.2, -0.15) is 13.2 Å². The fourth-order valence-electron chi connectivity index (χ4n) is 2.60. The molecule has 0 aliphatic rings. The first-order chi connectivity index (χ1) is 14.7. The minimum atomic E-state index is -4.67. The van der Waals surface area contributed by atoms with Crippen LogP contribution in [-0.4, -0.2) is 24.0 Å². The molecule has 0 atom stereocenters. The first-order valence-electron chi connectivity index (χ1n) is 8.76. The van der Waals surface area contributed by atoms with Gasteiger partial charge in [-0.05, 0) is 52.0 Å². The Bertz CT molecular complexity index is 1130. The Labute approximate surface area is 183 Å². The standard InChI is InChI=1S/C19H15ClF3N3O4S/c1-29-13-5-3-12(4-6-13)26-17(18(28)30-25-26)31-9-8-16(27)24-15-7-2-11(20)10-14(15)19(21,22)23/h2-7,10H,8-9H2,1H3,(H-,24,25,27,28)/p+1. The topological polar surface area (TPSA) is 88.2 Å². The van der Waals surface area contributed by atoms with E-state index in [1.54, 1.807) is 24.3 Å². The molecule has 0 aliphatic carbocycles. The van der Waals surface area contributed by atoms with Crippen molar-refractivity contribution in [2.75, 3.05) is 18.2 Å². The summed E-state index contributed by atoms with van der Waals surface area (Å²) in [5.41, 5.74) is -1.47. The first-order valence-corrected chi connectivity index (χ1v) is 10.1. The molecule has 0 saturated carbocycles. The lowest BCUT2D eigenvalue weighted by Gasteiger charge is -2.14. The Morgan fingerprint density at radius 3 is 2.61 bits per heavy atom. The van der Waals surface area contributed by atoms with E-state index in [0.29, 0.717) is 11.4 Å². The Morgan fingerprint density at radius 1 is 1.26 bits per heavy atom. The molecule has 0 unspecified atom stereocenters. The molecule has 1 amide bonds. The van der Waals surface area contributed by atoms with Crippen molar-refractivity contribution in [3.8, 4) is 11.4 Å². The number of ether oxygens (including phenoxy) is 1. The molecule has 2 aromatic carbocycles. The number of nitrogens with one attached hydrogen (secondary N) is 2. The lowest BCUT2D eigenvalue weighted by Crippen LogP contribution is -2.36. The molecule has 2 N–H and O–H groups in total. The van der Waals surface area contributed by atoms with Crippen LogP contribution in [0.15, 0.2) is 56.8 Å². The summed E-state index contributed by atoms with van der Waals surface area (Å²) in [5, 5.41) is 4.79. The Hall–Kier alpha value is -2.92. The second-order valence-corrected chi connectivity index (χ2v) is 7.67. The lowest BCUT2D eigenvalue weighted by molar-refractivity contribution is -0.704. The quantitative estimate of drug-likeness (QED) is 0.398. The molecule has 0 aliphatic heterocycles. The van der Waals surface area contributed by atoms with Gasteiger partial charge < -0.3 is 10.1 Å². The monoisotopic (exact) mass is 474 g/mol. The van der Waals surface area contributed by atoms with E-state index < -0.39 is 23.3 Å². The molecule has 3 rings (SSSR count). The predicted octanol–water partition coefficient (Wildman–Crippen LogP) is 4.05. The maximum Gasteiger partial charge on any atom is 0.442 e. The number of hydrogen-bond acceptors (Lipinski definition) is 5. The largest absolute Gasteiger partial charge is 0.497 e. The van der Waals surface area contributed by atoms with Crippen LogP contribution in [0.2, 0.25) is 5.02 Å². The number of thioether (sulfide) groups is 1. The van der Waals surface area contributed by atoms with Crippen LogP contribution in [0.1, 0.15) is 12.0 Å². The van der Waals surface area contributed by atoms with Gasteiger partial charge in [-0.25, -0.2) is 4.79 Å². The van der Waals surface area contributed by atoms with Crippen LogP contribution >= 0.6 is 23.4 Å². The maximum atomic E-state index is 13.1. The smallest absolute Gasteiger partial charge is 0.442 e. The van der Waals surface area contributed by atoms with E-state index in [9.17, 15) is 22.8 Å². The molecule has 1 aromatic heterocycles. The third-order valence-electron chi connectivity index (χ3n) is 4.07. The number of carbonyl (C=O) groups is 1. The van der Waals surface area contributed by atoms with E-state index in [1.807, 2.05) is 0 Å². The number of methoxy groups -OCH3 is 1. The molecule has 0 saturated heterocycles. The van der Waals surface area contributed by atoms with Gasteiger partial charge in [0.2, 0.25) is 11.6 Å². The summed E-state index contributed by atoms with van der Waals surface area (Å²) in [4.78, 5) is 24.1. The molecular formula is C19H16ClF3N3O4S+. The van der Waals surface area contributed by atoms with Crippen molar-refractivity contribution in [3.05, 3.63) is 63.5 Å². The second-order valence-electron chi connectivity index (χ2n) is 6.15. The van der Waals surface area contributed by atoms with Gasteiger partial charge in [0.15, 0.2) is 0 Å². The summed E-state index contributed by atoms with van der Waals surface area (Å²) in [7, 11) is 1.52. The minimum absolute atomic E-state index is 0.0943. The number of hydrogen-bond donors (Lipinski definition) is 2. The van der Waals surface area contributed by atoms with E-state index >= 15 is 0 Å².